The Balaban J connectivity index is 2.71. The lowest BCUT2D eigenvalue weighted by Gasteiger charge is -2.14. The van der Waals surface area contributed by atoms with Gasteiger partial charge in [0.15, 0.2) is 0 Å². The van der Waals surface area contributed by atoms with Crippen molar-refractivity contribution in [1.29, 1.82) is 0 Å². The summed E-state index contributed by atoms with van der Waals surface area (Å²) in [5, 5.41) is 9.63. The van der Waals surface area contributed by atoms with Gasteiger partial charge in [-0.1, -0.05) is 0 Å². The minimum absolute atomic E-state index is 0.556. The zero-order valence-corrected chi connectivity index (χ0v) is 10.6. The number of ether oxygens (including phenoxy) is 3. The number of aliphatic hydroxyl groups is 1. The molecule has 4 heteroatoms. The average Bonchev–Trinajstić information content (AvgIpc) is 2.34. The molecule has 4 nitrogen and oxygen atoms in total. The van der Waals surface area contributed by atoms with E-state index in [1.807, 2.05) is 12.1 Å². The third kappa shape index (κ3) is 4.24. The Morgan fingerprint density at radius 3 is 2.59 bits per heavy atom. The van der Waals surface area contributed by atoms with Gasteiger partial charge in [-0.25, -0.2) is 0 Å². The molecule has 1 rings (SSSR count). The summed E-state index contributed by atoms with van der Waals surface area (Å²) in [7, 11) is 3.26. The Labute approximate surface area is 102 Å². The molecule has 0 radical (unpaired) electrons. The predicted octanol–water partition coefficient (Wildman–Crippen LogP) is 2.16. The second kappa shape index (κ2) is 7.14. The van der Waals surface area contributed by atoms with E-state index in [2.05, 4.69) is 0 Å². The van der Waals surface area contributed by atoms with Crippen molar-refractivity contribution in [3.05, 3.63) is 23.8 Å². The summed E-state index contributed by atoms with van der Waals surface area (Å²) in [6.07, 6.45) is 0.255. The molecule has 0 unspecified atom stereocenters. The Bertz CT molecular complexity index is 336. The van der Waals surface area contributed by atoms with E-state index in [0.29, 0.717) is 19.0 Å². The van der Waals surface area contributed by atoms with Crippen molar-refractivity contribution in [2.45, 2.75) is 19.4 Å². The lowest BCUT2D eigenvalue weighted by atomic mass is 10.1. The normalized spacial score (nSPS) is 12.2. The summed E-state index contributed by atoms with van der Waals surface area (Å²) in [4.78, 5) is 0. The van der Waals surface area contributed by atoms with Crippen molar-refractivity contribution in [2.24, 2.45) is 0 Å². The molecule has 1 aromatic carbocycles. The van der Waals surface area contributed by atoms with E-state index in [9.17, 15) is 5.11 Å². The number of rotatable bonds is 7. The highest BCUT2D eigenvalue weighted by molar-refractivity contribution is 5.41. The van der Waals surface area contributed by atoms with Crippen LogP contribution in [0.3, 0.4) is 0 Å². The fourth-order valence-electron chi connectivity index (χ4n) is 1.50. The lowest BCUT2D eigenvalue weighted by molar-refractivity contribution is 0.166. The third-order valence-corrected chi connectivity index (χ3v) is 2.42. The van der Waals surface area contributed by atoms with Crippen LogP contribution in [0.4, 0.5) is 0 Å². The first-order valence-electron chi connectivity index (χ1n) is 5.66. The summed E-state index contributed by atoms with van der Waals surface area (Å²) < 4.78 is 15.7. The number of hydrogen-bond acceptors (Lipinski definition) is 4. The Hall–Kier alpha value is -1.26. The van der Waals surface area contributed by atoms with E-state index in [1.54, 1.807) is 27.2 Å². The molecule has 0 aromatic heterocycles. The SMILES string of the molecule is COCCCOc1cc(OC)ccc1[C@@H](C)O. The van der Waals surface area contributed by atoms with Crippen LogP contribution in [-0.4, -0.2) is 32.5 Å². The van der Waals surface area contributed by atoms with Gasteiger partial charge >= 0.3 is 0 Å². The average molecular weight is 240 g/mol. The molecular weight excluding hydrogens is 220 g/mol. The molecule has 1 atom stereocenters. The fraction of sp³-hybridized carbons (Fsp3) is 0.538. The first-order chi connectivity index (χ1) is 8.19. The van der Waals surface area contributed by atoms with E-state index in [1.165, 1.54) is 0 Å². The van der Waals surface area contributed by atoms with E-state index in [0.717, 1.165) is 17.7 Å². The van der Waals surface area contributed by atoms with Gasteiger partial charge in [0.2, 0.25) is 0 Å². The van der Waals surface area contributed by atoms with Crippen molar-refractivity contribution in [3.63, 3.8) is 0 Å². The standard InChI is InChI=1S/C13H20O4/c1-10(14)12-6-5-11(16-3)9-13(12)17-8-4-7-15-2/h5-6,9-10,14H,4,7-8H2,1-3H3/t10-/m1/s1. The summed E-state index contributed by atoms with van der Waals surface area (Å²) >= 11 is 0. The molecule has 0 spiro atoms. The number of hydrogen-bond donors (Lipinski definition) is 1. The Kier molecular flexibility index (Phi) is 5.80. The van der Waals surface area contributed by atoms with Crippen molar-refractivity contribution in [1.82, 2.24) is 0 Å². The molecule has 96 valence electrons. The van der Waals surface area contributed by atoms with E-state index in [-0.39, 0.29) is 0 Å². The lowest BCUT2D eigenvalue weighted by Crippen LogP contribution is -2.05. The van der Waals surface area contributed by atoms with E-state index in [4.69, 9.17) is 14.2 Å². The zero-order chi connectivity index (χ0) is 12.7. The van der Waals surface area contributed by atoms with Crippen molar-refractivity contribution in [3.8, 4) is 11.5 Å². The molecule has 1 N–H and O–H groups in total. The maximum absolute atomic E-state index is 9.63. The van der Waals surface area contributed by atoms with Gasteiger partial charge in [0.25, 0.3) is 0 Å². The topological polar surface area (TPSA) is 47.9 Å². The summed E-state index contributed by atoms with van der Waals surface area (Å²) in [6, 6.07) is 5.41. The van der Waals surface area contributed by atoms with Crippen LogP contribution in [0, 0.1) is 0 Å². The third-order valence-electron chi connectivity index (χ3n) is 2.42. The van der Waals surface area contributed by atoms with Gasteiger partial charge in [-0.2, -0.15) is 0 Å². The molecule has 17 heavy (non-hydrogen) atoms. The predicted molar refractivity (Wildman–Crippen MR) is 65.6 cm³/mol. The first-order valence-corrected chi connectivity index (χ1v) is 5.66. The molecule has 0 fully saturated rings. The van der Waals surface area contributed by atoms with E-state index >= 15 is 0 Å². The Morgan fingerprint density at radius 1 is 1.24 bits per heavy atom. The molecule has 0 amide bonds. The van der Waals surface area contributed by atoms with E-state index < -0.39 is 6.10 Å². The van der Waals surface area contributed by atoms with Gasteiger partial charge < -0.3 is 19.3 Å². The zero-order valence-electron chi connectivity index (χ0n) is 10.6. The van der Waals surface area contributed by atoms with Crippen LogP contribution in [0.15, 0.2) is 18.2 Å². The maximum atomic E-state index is 9.63. The second-order valence-corrected chi connectivity index (χ2v) is 3.77. The molecule has 0 saturated carbocycles. The molecule has 0 aliphatic carbocycles. The molecule has 1 aromatic rings. The Morgan fingerprint density at radius 2 is 2.00 bits per heavy atom. The van der Waals surface area contributed by atoms with Crippen LogP contribution < -0.4 is 9.47 Å². The molecule has 0 bridgehead atoms. The minimum Gasteiger partial charge on any atom is -0.497 e. The van der Waals surface area contributed by atoms with Crippen LogP contribution in [-0.2, 0) is 4.74 Å². The molecular formula is C13H20O4. The molecule has 0 aliphatic rings. The van der Waals surface area contributed by atoms with Crippen molar-refractivity contribution in [2.75, 3.05) is 27.4 Å². The van der Waals surface area contributed by atoms with Crippen LogP contribution >= 0.6 is 0 Å². The highest BCUT2D eigenvalue weighted by Crippen LogP contribution is 2.29. The van der Waals surface area contributed by atoms with Gasteiger partial charge in [0.05, 0.1) is 19.8 Å². The van der Waals surface area contributed by atoms with Crippen LogP contribution in [0.2, 0.25) is 0 Å². The van der Waals surface area contributed by atoms with Crippen molar-refractivity contribution >= 4 is 0 Å². The summed E-state index contributed by atoms with van der Waals surface area (Å²) in [5.74, 6) is 1.38. The van der Waals surface area contributed by atoms with Crippen LogP contribution in [0.25, 0.3) is 0 Å². The van der Waals surface area contributed by atoms with Crippen LogP contribution in [0.1, 0.15) is 25.0 Å². The number of methoxy groups -OCH3 is 2. The largest absolute Gasteiger partial charge is 0.497 e. The molecule has 0 saturated heterocycles. The molecule has 0 heterocycles. The quantitative estimate of drug-likeness (QED) is 0.742. The van der Waals surface area contributed by atoms with Crippen molar-refractivity contribution < 1.29 is 19.3 Å². The summed E-state index contributed by atoms with van der Waals surface area (Å²) in [6.45, 7) is 2.93. The van der Waals surface area contributed by atoms with Gasteiger partial charge in [-0.05, 0) is 19.1 Å². The number of aliphatic hydroxyl groups excluding tert-OH is 1. The summed E-state index contributed by atoms with van der Waals surface area (Å²) in [5.41, 5.74) is 0.767. The highest BCUT2D eigenvalue weighted by atomic mass is 16.5. The fourth-order valence-corrected chi connectivity index (χ4v) is 1.50. The van der Waals surface area contributed by atoms with Gasteiger partial charge in [0, 0.05) is 31.8 Å². The highest BCUT2D eigenvalue weighted by Gasteiger charge is 2.10. The maximum Gasteiger partial charge on any atom is 0.128 e. The first kappa shape index (κ1) is 13.8. The number of benzene rings is 1. The molecule has 0 aliphatic heterocycles. The van der Waals surface area contributed by atoms with Gasteiger partial charge in [-0.15, -0.1) is 0 Å². The van der Waals surface area contributed by atoms with Gasteiger partial charge in [0.1, 0.15) is 11.5 Å². The second-order valence-electron chi connectivity index (χ2n) is 3.77. The smallest absolute Gasteiger partial charge is 0.128 e. The monoisotopic (exact) mass is 240 g/mol. The van der Waals surface area contributed by atoms with Gasteiger partial charge in [-0.3, -0.25) is 0 Å². The van der Waals surface area contributed by atoms with Crippen LogP contribution in [0.5, 0.6) is 11.5 Å². The minimum atomic E-state index is -0.557.